The number of alkyl halides is 4. The van der Waals surface area contributed by atoms with Gasteiger partial charge < -0.3 is 4.74 Å². The molecule has 0 aromatic rings. The van der Waals surface area contributed by atoms with Crippen LogP contribution in [-0.2, 0) is 4.74 Å². The van der Waals surface area contributed by atoms with Gasteiger partial charge in [-0.25, -0.2) is 0 Å². The topological polar surface area (TPSA) is 9.23 Å². The maximum atomic E-state index is 12.0. The smallest absolute Gasteiger partial charge is 0.374 e. The van der Waals surface area contributed by atoms with Gasteiger partial charge in [0.2, 0.25) is 0 Å². The molecule has 108 valence electrons. The molecule has 0 saturated heterocycles. The Morgan fingerprint density at radius 2 is 1.89 bits per heavy atom. The van der Waals surface area contributed by atoms with Crippen molar-refractivity contribution >= 4 is 22.6 Å². The van der Waals surface area contributed by atoms with E-state index in [1.807, 2.05) is 0 Å². The highest BCUT2D eigenvalue weighted by atomic mass is 127. The molecule has 0 bridgehead atoms. The molecule has 0 amide bonds. The fraction of sp³-hybridized carbons (Fsp3) is 1.00. The van der Waals surface area contributed by atoms with Crippen LogP contribution in [0.25, 0.3) is 0 Å². The molecule has 1 saturated carbocycles. The molecule has 0 aliphatic heterocycles. The van der Waals surface area contributed by atoms with Gasteiger partial charge in [-0.1, -0.05) is 35.9 Å². The first-order chi connectivity index (χ1) is 8.41. The van der Waals surface area contributed by atoms with Crippen molar-refractivity contribution in [3.05, 3.63) is 0 Å². The van der Waals surface area contributed by atoms with Crippen LogP contribution in [-0.4, -0.2) is 22.8 Å². The van der Waals surface area contributed by atoms with Crippen LogP contribution in [0.5, 0.6) is 0 Å². The zero-order valence-corrected chi connectivity index (χ0v) is 13.0. The minimum absolute atomic E-state index is 0.0824. The molecule has 1 nitrogen and oxygen atoms in total. The number of hydrogen-bond donors (Lipinski definition) is 0. The van der Waals surface area contributed by atoms with Crippen LogP contribution in [0.2, 0.25) is 0 Å². The Morgan fingerprint density at radius 3 is 2.33 bits per heavy atom. The average Bonchev–Trinajstić information content (AvgIpc) is 2.34. The molecule has 0 aromatic carbocycles. The van der Waals surface area contributed by atoms with E-state index < -0.39 is 12.6 Å². The number of rotatable bonds is 6. The normalized spacial score (nSPS) is 29.5. The molecule has 1 fully saturated rings. The van der Waals surface area contributed by atoms with Crippen LogP contribution in [0.1, 0.15) is 51.9 Å². The number of ether oxygens (including phenoxy) is 1. The van der Waals surface area contributed by atoms with Crippen LogP contribution in [0.3, 0.4) is 0 Å². The third-order valence-electron chi connectivity index (χ3n) is 3.85. The Morgan fingerprint density at radius 1 is 1.28 bits per heavy atom. The Kier molecular flexibility index (Phi) is 6.72. The van der Waals surface area contributed by atoms with E-state index in [2.05, 4.69) is 29.5 Å². The van der Waals surface area contributed by atoms with Gasteiger partial charge in [-0.15, -0.1) is 0 Å². The largest absolute Gasteiger partial charge is 0.389 e. The lowest BCUT2D eigenvalue weighted by Gasteiger charge is -2.39. The zero-order chi connectivity index (χ0) is 13.6. The molecular formula is C13H22F3IO. The van der Waals surface area contributed by atoms with Gasteiger partial charge in [0.1, 0.15) is 0 Å². The molecule has 0 aromatic heterocycles. The average molecular weight is 378 g/mol. The highest BCUT2D eigenvalue weighted by Crippen LogP contribution is 2.37. The third-order valence-corrected chi connectivity index (χ3v) is 5.24. The Balaban J connectivity index is 2.29. The van der Waals surface area contributed by atoms with Gasteiger partial charge in [-0.05, 0) is 38.0 Å². The summed E-state index contributed by atoms with van der Waals surface area (Å²) in [6.07, 6.45) is 0.797. The Hall–Kier alpha value is 0.480. The summed E-state index contributed by atoms with van der Waals surface area (Å²) in [4.78, 5) is 0. The van der Waals surface area contributed by atoms with E-state index in [0.29, 0.717) is 0 Å². The van der Waals surface area contributed by atoms with Crippen molar-refractivity contribution < 1.29 is 17.9 Å². The number of hydrogen-bond acceptors (Lipinski definition) is 1. The lowest BCUT2D eigenvalue weighted by atomic mass is 9.79. The van der Waals surface area contributed by atoms with Gasteiger partial charge >= 0.3 is 6.18 Å². The van der Waals surface area contributed by atoms with E-state index in [1.165, 1.54) is 6.42 Å². The van der Waals surface area contributed by atoms with E-state index in [-0.39, 0.29) is 18.6 Å². The molecule has 1 aliphatic carbocycles. The second-order valence-corrected chi connectivity index (χ2v) is 6.00. The monoisotopic (exact) mass is 378 g/mol. The predicted octanol–water partition coefficient (Wildman–Crippen LogP) is 5.12. The summed E-state index contributed by atoms with van der Waals surface area (Å²) in [5.74, 6) is 0.778. The predicted molar refractivity (Wildman–Crippen MR) is 75.1 cm³/mol. The maximum absolute atomic E-state index is 12.0. The molecular weight excluding hydrogens is 356 g/mol. The van der Waals surface area contributed by atoms with Crippen molar-refractivity contribution in [1.29, 1.82) is 0 Å². The van der Waals surface area contributed by atoms with Crippen molar-refractivity contribution in [2.75, 3.05) is 11.0 Å². The first-order valence-electron chi connectivity index (χ1n) is 6.67. The van der Waals surface area contributed by atoms with Crippen LogP contribution < -0.4 is 0 Å². The molecule has 0 radical (unpaired) electrons. The van der Waals surface area contributed by atoms with Gasteiger partial charge in [0.15, 0.2) is 0 Å². The molecule has 0 heterocycles. The SMILES string of the molecule is CCC1CCC(CI)(OCCCC(F)(F)F)CC1. The second-order valence-electron chi connectivity index (χ2n) is 5.24. The van der Waals surface area contributed by atoms with Crippen molar-refractivity contribution in [1.82, 2.24) is 0 Å². The van der Waals surface area contributed by atoms with Crippen LogP contribution in [0.4, 0.5) is 13.2 Å². The second kappa shape index (κ2) is 7.31. The van der Waals surface area contributed by atoms with Gasteiger partial charge in [-0.2, -0.15) is 13.2 Å². The van der Waals surface area contributed by atoms with Gasteiger partial charge in [0, 0.05) is 17.5 Å². The van der Waals surface area contributed by atoms with Crippen molar-refractivity contribution in [2.45, 2.75) is 63.6 Å². The van der Waals surface area contributed by atoms with E-state index in [9.17, 15) is 13.2 Å². The summed E-state index contributed by atoms with van der Waals surface area (Å²) < 4.78 is 42.8. The quantitative estimate of drug-likeness (QED) is 0.354. The maximum Gasteiger partial charge on any atom is 0.389 e. The lowest BCUT2D eigenvalue weighted by molar-refractivity contribution is -0.142. The fourth-order valence-corrected chi connectivity index (χ4v) is 3.47. The van der Waals surface area contributed by atoms with Gasteiger partial charge in [0.25, 0.3) is 0 Å². The Labute approximate surface area is 121 Å². The molecule has 0 spiro atoms. The number of halogens is 4. The summed E-state index contributed by atoms with van der Waals surface area (Å²) in [7, 11) is 0. The summed E-state index contributed by atoms with van der Waals surface area (Å²) in [5, 5.41) is 0. The van der Waals surface area contributed by atoms with E-state index >= 15 is 0 Å². The molecule has 18 heavy (non-hydrogen) atoms. The van der Waals surface area contributed by atoms with E-state index in [4.69, 9.17) is 4.74 Å². The standard InChI is InChI=1S/C13H22F3IO/c1-2-11-4-7-12(10-17,8-5-11)18-9-3-6-13(14,15)16/h11H,2-10H2,1H3. The highest BCUT2D eigenvalue weighted by Gasteiger charge is 2.35. The van der Waals surface area contributed by atoms with Crippen LogP contribution >= 0.6 is 22.6 Å². The minimum atomic E-state index is -4.05. The molecule has 0 N–H and O–H groups in total. The van der Waals surface area contributed by atoms with E-state index in [1.54, 1.807) is 0 Å². The van der Waals surface area contributed by atoms with Gasteiger partial charge in [0.05, 0.1) is 5.60 Å². The van der Waals surface area contributed by atoms with Crippen molar-refractivity contribution in [2.24, 2.45) is 5.92 Å². The lowest BCUT2D eigenvalue weighted by Crippen LogP contribution is -2.39. The zero-order valence-electron chi connectivity index (χ0n) is 10.9. The van der Waals surface area contributed by atoms with Crippen LogP contribution in [0.15, 0.2) is 0 Å². The summed E-state index contributed by atoms with van der Waals surface area (Å²) in [6.45, 7) is 2.44. The van der Waals surface area contributed by atoms with Crippen molar-refractivity contribution in [3.8, 4) is 0 Å². The van der Waals surface area contributed by atoms with E-state index in [0.717, 1.165) is 36.0 Å². The van der Waals surface area contributed by atoms with Crippen LogP contribution in [0, 0.1) is 5.92 Å². The first kappa shape index (κ1) is 16.5. The summed E-state index contributed by atoms with van der Waals surface area (Å²) in [6, 6.07) is 0. The highest BCUT2D eigenvalue weighted by molar-refractivity contribution is 14.1. The summed E-state index contributed by atoms with van der Waals surface area (Å²) in [5.41, 5.74) is -0.155. The minimum Gasteiger partial charge on any atom is -0.374 e. The molecule has 1 rings (SSSR count). The molecule has 5 heteroatoms. The fourth-order valence-electron chi connectivity index (χ4n) is 2.49. The van der Waals surface area contributed by atoms with Crippen molar-refractivity contribution in [3.63, 3.8) is 0 Å². The molecule has 1 aliphatic rings. The Bertz CT molecular complexity index is 235. The van der Waals surface area contributed by atoms with Gasteiger partial charge in [-0.3, -0.25) is 0 Å². The molecule has 0 atom stereocenters. The molecule has 0 unspecified atom stereocenters. The third kappa shape index (κ3) is 5.63. The first-order valence-corrected chi connectivity index (χ1v) is 8.20. The summed E-state index contributed by atoms with van der Waals surface area (Å²) >= 11 is 2.30.